The second kappa shape index (κ2) is 41.6. The van der Waals surface area contributed by atoms with E-state index in [4.69, 9.17) is 14.2 Å². The van der Waals surface area contributed by atoms with Crippen LogP contribution in [0.2, 0.25) is 0 Å². The van der Waals surface area contributed by atoms with Gasteiger partial charge in [0.15, 0.2) is 6.10 Å². The molecule has 0 spiro atoms. The molecule has 0 bridgehead atoms. The van der Waals surface area contributed by atoms with E-state index in [1.807, 2.05) is 0 Å². The molecule has 0 aromatic rings. The summed E-state index contributed by atoms with van der Waals surface area (Å²) in [6.45, 7) is 13.7. The zero-order valence-corrected chi connectivity index (χ0v) is 38.4. The Labute approximate surface area is 348 Å². The molecule has 0 saturated heterocycles. The molecule has 1 unspecified atom stereocenters. The van der Waals surface area contributed by atoms with Gasteiger partial charge in [-0.05, 0) is 37.0 Å². The second-order valence-electron chi connectivity index (χ2n) is 18.3. The number of esters is 3. The first-order valence-electron chi connectivity index (χ1n) is 24.6. The van der Waals surface area contributed by atoms with Gasteiger partial charge in [-0.1, -0.05) is 228 Å². The minimum Gasteiger partial charge on any atom is -0.462 e. The van der Waals surface area contributed by atoms with E-state index in [-0.39, 0.29) is 31.1 Å². The van der Waals surface area contributed by atoms with Crippen molar-refractivity contribution in [1.82, 2.24) is 0 Å². The SMILES string of the molecule is CCC(C)CCCCCCCCCCCCC(=O)OC[C@@H](COC(=O)CCCCCCCCCCCCCC(C)C)OC(=O)CCCCCCCCCC(C)C. The van der Waals surface area contributed by atoms with Crippen molar-refractivity contribution >= 4 is 17.9 Å². The standard InChI is InChI=1S/C50H96O6/c1-7-46(6)38-32-26-20-14-11-12-16-22-28-34-40-49(52)55-43-47(56-50(53)41-35-29-23-17-19-25-31-37-45(4)5)42-54-48(51)39-33-27-21-15-10-8-9-13-18-24-30-36-44(2)3/h44-47H,7-43H2,1-6H3/t46?,47-/m1/s1. The monoisotopic (exact) mass is 793 g/mol. The number of carbonyl (C=O) groups excluding carboxylic acids is 3. The average Bonchev–Trinajstić information content (AvgIpc) is 3.16. The lowest BCUT2D eigenvalue weighted by molar-refractivity contribution is -0.167. The molecular weight excluding hydrogens is 697 g/mol. The molecule has 0 N–H and O–H groups in total. The van der Waals surface area contributed by atoms with Crippen molar-refractivity contribution in [3.63, 3.8) is 0 Å². The summed E-state index contributed by atoms with van der Waals surface area (Å²) < 4.78 is 16.8. The van der Waals surface area contributed by atoms with E-state index >= 15 is 0 Å². The zero-order valence-electron chi connectivity index (χ0n) is 38.4. The summed E-state index contributed by atoms with van der Waals surface area (Å²) in [5.74, 6) is 1.61. The lowest BCUT2D eigenvalue weighted by atomic mass is 9.99. The van der Waals surface area contributed by atoms with Crippen LogP contribution in [0.4, 0.5) is 0 Å². The molecule has 0 aromatic heterocycles. The Hall–Kier alpha value is -1.59. The number of ether oxygens (including phenoxy) is 3. The van der Waals surface area contributed by atoms with E-state index in [1.165, 1.54) is 148 Å². The highest BCUT2D eigenvalue weighted by molar-refractivity contribution is 5.71. The van der Waals surface area contributed by atoms with Gasteiger partial charge >= 0.3 is 17.9 Å². The first-order valence-corrected chi connectivity index (χ1v) is 24.6. The van der Waals surface area contributed by atoms with Gasteiger partial charge in [0.1, 0.15) is 13.2 Å². The van der Waals surface area contributed by atoms with Crippen LogP contribution in [0.25, 0.3) is 0 Å². The van der Waals surface area contributed by atoms with Crippen molar-refractivity contribution in [2.24, 2.45) is 17.8 Å². The molecule has 0 aliphatic heterocycles. The quantitative estimate of drug-likeness (QED) is 0.0348. The predicted octanol–water partition coefficient (Wildman–Crippen LogP) is 15.6. The molecule has 332 valence electrons. The maximum absolute atomic E-state index is 12.7. The Morgan fingerprint density at radius 2 is 0.625 bits per heavy atom. The molecule has 0 rings (SSSR count). The van der Waals surface area contributed by atoms with Crippen LogP contribution in [0.1, 0.15) is 266 Å². The summed E-state index contributed by atoms with van der Waals surface area (Å²) in [6.07, 6.45) is 39.5. The van der Waals surface area contributed by atoms with E-state index in [9.17, 15) is 14.4 Å². The molecular formula is C50H96O6. The van der Waals surface area contributed by atoms with Crippen LogP contribution in [-0.4, -0.2) is 37.2 Å². The van der Waals surface area contributed by atoms with Crippen LogP contribution in [0.3, 0.4) is 0 Å². The molecule has 0 fully saturated rings. The van der Waals surface area contributed by atoms with Gasteiger partial charge in [-0.25, -0.2) is 0 Å². The van der Waals surface area contributed by atoms with Crippen molar-refractivity contribution in [1.29, 1.82) is 0 Å². The highest BCUT2D eigenvalue weighted by Gasteiger charge is 2.19. The lowest BCUT2D eigenvalue weighted by Gasteiger charge is -2.18. The van der Waals surface area contributed by atoms with E-state index in [0.29, 0.717) is 19.3 Å². The normalized spacial score (nSPS) is 12.6. The third kappa shape index (κ3) is 42.0. The van der Waals surface area contributed by atoms with Crippen LogP contribution in [0, 0.1) is 17.8 Å². The third-order valence-electron chi connectivity index (χ3n) is 11.5. The summed E-state index contributed by atoms with van der Waals surface area (Å²) in [5, 5.41) is 0. The Bertz CT molecular complexity index is 870. The van der Waals surface area contributed by atoms with Crippen LogP contribution in [0.15, 0.2) is 0 Å². The van der Waals surface area contributed by atoms with E-state index in [2.05, 4.69) is 41.5 Å². The predicted molar refractivity (Wildman–Crippen MR) is 238 cm³/mol. The Morgan fingerprint density at radius 3 is 0.929 bits per heavy atom. The van der Waals surface area contributed by atoms with E-state index < -0.39 is 6.10 Å². The van der Waals surface area contributed by atoms with Gasteiger partial charge in [0.2, 0.25) is 0 Å². The van der Waals surface area contributed by atoms with Crippen LogP contribution in [0.5, 0.6) is 0 Å². The summed E-state index contributed by atoms with van der Waals surface area (Å²) in [6, 6.07) is 0. The molecule has 56 heavy (non-hydrogen) atoms. The lowest BCUT2D eigenvalue weighted by Crippen LogP contribution is -2.30. The molecule has 0 saturated carbocycles. The molecule has 0 aromatic carbocycles. The van der Waals surface area contributed by atoms with Crippen LogP contribution >= 0.6 is 0 Å². The smallest absolute Gasteiger partial charge is 0.306 e. The highest BCUT2D eigenvalue weighted by Crippen LogP contribution is 2.18. The molecule has 0 heterocycles. The first kappa shape index (κ1) is 54.4. The largest absolute Gasteiger partial charge is 0.462 e. The van der Waals surface area contributed by atoms with Gasteiger partial charge in [-0.2, -0.15) is 0 Å². The zero-order chi connectivity index (χ0) is 41.3. The topological polar surface area (TPSA) is 78.9 Å². The fourth-order valence-electron chi connectivity index (χ4n) is 7.38. The second-order valence-corrected chi connectivity index (χ2v) is 18.3. The minimum atomic E-state index is -0.762. The fraction of sp³-hybridized carbons (Fsp3) is 0.940. The summed E-state index contributed by atoms with van der Waals surface area (Å²) in [5.41, 5.74) is 0. The maximum atomic E-state index is 12.7. The first-order chi connectivity index (χ1) is 27.1. The van der Waals surface area contributed by atoms with Crippen molar-refractivity contribution in [2.45, 2.75) is 272 Å². The Kier molecular flexibility index (Phi) is 40.4. The Morgan fingerprint density at radius 1 is 0.357 bits per heavy atom. The van der Waals surface area contributed by atoms with Crippen molar-refractivity contribution in [3.8, 4) is 0 Å². The van der Waals surface area contributed by atoms with E-state index in [0.717, 1.165) is 75.5 Å². The summed E-state index contributed by atoms with van der Waals surface area (Å²) in [4.78, 5) is 37.8. The van der Waals surface area contributed by atoms with Gasteiger partial charge in [-0.15, -0.1) is 0 Å². The summed E-state index contributed by atoms with van der Waals surface area (Å²) >= 11 is 0. The molecule has 0 aliphatic rings. The number of rotatable bonds is 43. The molecule has 6 nitrogen and oxygen atoms in total. The minimum absolute atomic E-state index is 0.0659. The van der Waals surface area contributed by atoms with Crippen LogP contribution < -0.4 is 0 Å². The molecule has 6 heteroatoms. The average molecular weight is 793 g/mol. The Balaban J connectivity index is 4.31. The van der Waals surface area contributed by atoms with Crippen molar-refractivity contribution in [3.05, 3.63) is 0 Å². The molecule has 0 radical (unpaired) electrons. The number of hydrogen-bond acceptors (Lipinski definition) is 6. The van der Waals surface area contributed by atoms with Gasteiger partial charge in [0, 0.05) is 19.3 Å². The van der Waals surface area contributed by atoms with Gasteiger partial charge in [0.05, 0.1) is 0 Å². The van der Waals surface area contributed by atoms with Gasteiger partial charge < -0.3 is 14.2 Å². The third-order valence-corrected chi connectivity index (χ3v) is 11.5. The maximum Gasteiger partial charge on any atom is 0.306 e. The molecule has 2 atom stereocenters. The van der Waals surface area contributed by atoms with Crippen LogP contribution in [-0.2, 0) is 28.6 Å². The number of unbranched alkanes of at least 4 members (excludes halogenated alkanes) is 25. The van der Waals surface area contributed by atoms with E-state index in [1.54, 1.807) is 0 Å². The number of carbonyl (C=O) groups is 3. The molecule has 0 amide bonds. The highest BCUT2D eigenvalue weighted by atomic mass is 16.6. The van der Waals surface area contributed by atoms with Crippen molar-refractivity contribution < 1.29 is 28.6 Å². The van der Waals surface area contributed by atoms with Gasteiger partial charge in [-0.3, -0.25) is 14.4 Å². The molecule has 0 aliphatic carbocycles. The van der Waals surface area contributed by atoms with Gasteiger partial charge in [0.25, 0.3) is 0 Å². The fourth-order valence-corrected chi connectivity index (χ4v) is 7.38. The van der Waals surface area contributed by atoms with Crippen molar-refractivity contribution in [2.75, 3.05) is 13.2 Å². The number of hydrogen-bond donors (Lipinski definition) is 0. The summed E-state index contributed by atoms with van der Waals surface area (Å²) in [7, 11) is 0.